The number of methoxy groups -OCH3 is 2. The summed E-state index contributed by atoms with van der Waals surface area (Å²) < 4.78 is 15.0. The summed E-state index contributed by atoms with van der Waals surface area (Å²) in [5.41, 5.74) is 0. The minimum atomic E-state index is 0.186. The van der Waals surface area contributed by atoms with Crippen molar-refractivity contribution >= 4 is 0 Å². The van der Waals surface area contributed by atoms with Gasteiger partial charge < -0.3 is 19.3 Å². The van der Waals surface area contributed by atoms with E-state index in [0.717, 1.165) is 0 Å². The summed E-state index contributed by atoms with van der Waals surface area (Å²) in [4.78, 5) is 4.17. The standard InChI is InChI=1S/C9H17N3O3/c1-10-7(5-13-2)4-9-11-8(6-14-3)12-15-9/h7,10H,4-6H2,1-3H3. The number of rotatable bonds is 7. The first-order valence-electron chi connectivity index (χ1n) is 4.76. The van der Waals surface area contributed by atoms with Crippen molar-refractivity contribution < 1.29 is 14.0 Å². The van der Waals surface area contributed by atoms with E-state index in [9.17, 15) is 0 Å². The molecular weight excluding hydrogens is 198 g/mol. The Morgan fingerprint density at radius 3 is 2.80 bits per heavy atom. The van der Waals surface area contributed by atoms with Gasteiger partial charge in [-0.05, 0) is 7.05 Å². The molecule has 15 heavy (non-hydrogen) atoms. The summed E-state index contributed by atoms with van der Waals surface area (Å²) in [6, 6.07) is 0.186. The van der Waals surface area contributed by atoms with E-state index in [1.807, 2.05) is 7.05 Å². The van der Waals surface area contributed by atoms with Crippen LogP contribution < -0.4 is 5.32 Å². The van der Waals surface area contributed by atoms with Crippen molar-refractivity contribution in [3.05, 3.63) is 11.7 Å². The van der Waals surface area contributed by atoms with Gasteiger partial charge in [-0.15, -0.1) is 0 Å². The van der Waals surface area contributed by atoms with Gasteiger partial charge in [-0.2, -0.15) is 4.98 Å². The summed E-state index contributed by atoms with van der Waals surface area (Å²) in [6.45, 7) is 0.983. The number of nitrogens with zero attached hydrogens (tertiary/aromatic N) is 2. The second-order valence-electron chi connectivity index (χ2n) is 3.18. The van der Waals surface area contributed by atoms with E-state index in [1.165, 1.54) is 0 Å². The average Bonchev–Trinajstić information content (AvgIpc) is 2.66. The van der Waals surface area contributed by atoms with Gasteiger partial charge in [0, 0.05) is 26.7 Å². The van der Waals surface area contributed by atoms with Crippen LogP contribution in [0.25, 0.3) is 0 Å². The quantitative estimate of drug-likeness (QED) is 0.690. The predicted molar refractivity (Wildman–Crippen MR) is 53.4 cm³/mol. The molecule has 0 aliphatic carbocycles. The number of likely N-dealkylation sites (N-methyl/N-ethyl adjacent to an activating group) is 1. The molecule has 86 valence electrons. The van der Waals surface area contributed by atoms with Gasteiger partial charge >= 0.3 is 0 Å². The Labute approximate surface area is 88.9 Å². The van der Waals surface area contributed by atoms with Crippen molar-refractivity contribution in [2.24, 2.45) is 0 Å². The van der Waals surface area contributed by atoms with Gasteiger partial charge in [0.05, 0.1) is 6.61 Å². The Kier molecular flexibility index (Phi) is 5.23. The fraction of sp³-hybridized carbons (Fsp3) is 0.778. The molecule has 0 saturated carbocycles. The first-order chi connectivity index (χ1) is 7.30. The average molecular weight is 215 g/mol. The van der Waals surface area contributed by atoms with E-state index >= 15 is 0 Å². The first-order valence-corrected chi connectivity index (χ1v) is 4.76. The zero-order chi connectivity index (χ0) is 11.1. The zero-order valence-corrected chi connectivity index (χ0v) is 9.32. The lowest BCUT2D eigenvalue weighted by molar-refractivity contribution is 0.164. The molecule has 0 aromatic carbocycles. The van der Waals surface area contributed by atoms with Crippen LogP contribution in [0.5, 0.6) is 0 Å². The molecule has 0 spiro atoms. The van der Waals surface area contributed by atoms with Crippen molar-refractivity contribution in [1.29, 1.82) is 0 Å². The maximum Gasteiger partial charge on any atom is 0.228 e. The van der Waals surface area contributed by atoms with Gasteiger partial charge in [0.25, 0.3) is 0 Å². The molecule has 1 aromatic rings. The number of aromatic nitrogens is 2. The Morgan fingerprint density at radius 2 is 2.20 bits per heavy atom. The Morgan fingerprint density at radius 1 is 1.40 bits per heavy atom. The third-order valence-corrected chi connectivity index (χ3v) is 1.98. The van der Waals surface area contributed by atoms with Gasteiger partial charge in [-0.1, -0.05) is 5.16 Å². The molecule has 0 amide bonds. The van der Waals surface area contributed by atoms with Crippen LogP contribution in [0.2, 0.25) is 0 Å². The highest BCUT2D eigenvalue weighted by Gasteiger charge is 2.12. The van der Waals surface area contributed by atoms with E-state index in [-0.39, 0.29) is 6.04 Å². The van der Waals surface area contributed by atoms with Crippen molar-refractivity contribution in [2.45, 2.75) is 19.1 Å². The molecule has 0 aliphatic heterocycles. The summed E-state index contributed by atoms with van der Waals surface area (Å²) >= 11 is 0. The number of nitrogens with one attached hydrogen (secondary N) is 1. The summed E-state index contributed by atoms with van der Waals surface area (Å²) in [7, 11) is 5.13. The number of ether oxygens (including phenoxy) is 2. The number of hydrogen-bond acceptors (Lipinski definition) is 6. The third kappa shape index (κ3) is 3.94. The lowest BCUT2D eigenvalue weighted by Crippen LogP contribution is -2.32. The van der Waals surface area contributed by atoms with E-state index in [0.29, 0.717) is 31.3 Å². The predicted octanol–water partition coefficient (Wildman–Crippen LogP) is -0.00710. The Balaban J connectivity index is 2.47. The van der Waals surface area contributed by atoms with Crippen LogP contribution in [0.1, 0.15) is 11.7 Å². The van der Waals surface area contributed by atoms with E-state index < -0.39 is 0 Å². The summed E-state index contributed by atoms with van der Waals surface area (Å²) in [5, 5.41) is 6.88. The van der Waals surface area contributed by atoms with Crippen molar-refractivity contribution in [3.63, 3.8) is 0 Å². The lowest BCUT2D eigenvalue weighted by atomic mass is 10.2. The van der Waals surface area contributed by atoms with Crippen molar-refractivity contribution in [3.8, 4) is 0 Å². The summed E-state index contributed by atoms with van der Waals surface area (Å²) in [6.07, 6.45) is 0.654. The molecule has 0 aliphatic rings. The lowest BCUT2D eigenvalue weighted by Gasteiger charge is -2.11. The molecule has 6 heteroatoms. The SMILES string of the molecule is CNC(COC)Cc1nc(COC)no1. The van der Waals surface area contributed by atoms with Gasteiger partial charge in [-0.3, -0.25) is 0 Å². The van der Waals surface area contributed by atoms with Crippen molar-refractivity contribution in [2.75, 3.05) is 27.9 Å². The highest BCUT2D eigenvalue weighted by atomic mass is 16.5. The molecule has 0 saturated heterocycles. The van der Waals surface area contributed by atoms with Crippen LogP contribution in [0.4, 0.5) is 0 Å². The topological polar surface area (TPSA) is 69.4 Å². The maximum atomic E-state index is 5.06. The Bertz CT molecular complexity index is 277. The van der Waals surface area contributed by atoms with Crippen LogP contribution in [0.3, 0.4) is 0 Å². The zero-order valence-electron chi connectivity index (χ0n) is 9.32. The minimum Gasteiger partial charge on any atom is -0.383 e. The van der Waals surface area contributed by atoms with Crippen LogP contribution in [-0.4, -0.2) is 44.1 Å². The fourth-order valence-corrected chi connectivity index (χ4v) is 1.22. The fourth-order valence-electron chi connectivity index (χ4n) is 1.22. The van der Waals surface area contributed by atoms with Gasteiger partial charge in [-0.25, -0.2) is 0 Å². The van der Waals surface area contributed by atoms with Gasteiger partial charge in [0.2, 0.25) is 5.89 Å². The molecule has 0 bridgehead atoms. The monoisotopic (exact) mass is 215 g/mol. The van der Waals surface area contributed by atoms with Crippen molar-refractivity contribution in [1.82, 2.24) is 15.5 Å². The molecule has 1 N–H and O–H groups in total. The molecular formula is C9H17N3O3. The molecule has 1 heterocycles. The molecule has 1 unspecified atom stereocenters. The Hall–Kier alpha value is -0.980. The van der Waals surface area contributed by atoms with Gasteiger partial charge in [0.15, 0.2) is 5.82 Å². The van der Waals surface area contributed by atoms with E-state index in [1.54, 1.807) is 14.2 Å². The smallest absolute Gasteiger partial charge is 0.228 e. The molecule has 0 radical (unpaired) electrons. The minimum absolute atomic E-state index is 0.186. The highest BCUT2D eigenvalue weighted by molar-refractivity contribution is 4.88. The summed E-state index contributed by atoms with van der Waals surface area (Å²) in [5.74, 6) is 1.17. The van der Waals surface area contributed by atoms with E-state index in [2.05, 4.69) is 15.5 Å². The van der Waals surface area contributed by atoms with Gasteiger partial charge in [0.1, 0.15) is 6.61 Å². The third-order valence-electron chi connectivity index (χ3n) is 1.98. The van der Waals surface area contributed by atoms with Crippen LogP contribution in [0, 0.1) is 0 Å². The number of hydrogen-bond donors (Lipinski definition) is 1. The molecule has 6 nitrogen and oxygen atoms in total. The molecule has 1 atom stereocenters. The largest absolute Gasteiger partial charge is 0.383 e. The molecule has 1 rings (SSSR count). The molecule has 1 aromatic heterocycles. The van der Waals surface area contributed by atoms with E-state index in [4.69, 9.17) is 14.0 Å². The maximum absolute atomic E-state index is 5.06. The first kappa shape index (κ1) is 12.1. The highest BCUT2D eigenvalue weighted by Crippen LogP contribution is 2.02. The second kappa shape index (κ2) is 6.49. The normalized spacial score (nSPS) is 13.0. The van der Waals surface area contributed by atoms with Crippen LogP contribution in [-0.2, 0) is 22.5 Å². The second-order valence-corrected chi connectivity index (χ2v) is 3.18. The van der Waals surface area contributed by atoms with Crippen LogP contribution in [0.15, 0.2) is 4.52 Å². The molecule has 0 fully saturated rings. The van der Waals surface area contributed by atoms with Crippen LogP contribution >= 0.6 is 0 Å².